The zero-order chi connectivity index (χ0) is 14.0. The number of nitrogens with zero attached hydrogens (tertiary/aromatic N) is 1. The molecule has 0 bridgehead atoms. The Morgan fingerprint density at radius 3 is 2.63 bits per heavy atom. The number of carboxylic acids is 1. The van der Waals surface area contributed by atoms with E-state index >= 15 is 0 Å². The second-order valence-electron chi connectivity index (χ2n) is 4.67. The fourth-order valence-electron chi connectivity index (χ4n) is 2.20. The van der Waals surface area contributed by atoms with Crippen molar-refractivity contribution in [3.8, 4) is 0 Å². The number of oxazole rings is 1. The highest BCUT2D eigenvalue weighted by atomic mass is 35.5. The van der Waals surface area contributed by atoms with E-state index in [1.807, 2.05) is 13.8 Å². The maximum Gasteiger partial charge on any atom is 0.310 e. The first kappa shape index (κ1) is 13.9. The topological polar surface area (TPSA) is 63.3 Å². The van der Waals surface area contributed by atoms with E-state index < -0.39 is 11.4 Å². The molecular formula is C14H16ClNO3. The monoisotopic (exact) mass is 281 g/mol. The van der Waals surface area contributed by atoms with Gasteiger partial charge in [0.2, 0.25) is 0 Å². The number of aromatic nitrogens is 1. The predicted octanol–water partition coefficient (Wildman–Crippen LogP) is 3.91. The molecule has 0 spiro atoms. The molecule has 0 amide bonds. The highest BCUT2D eigenvalue weighted by molar-refractivity contribution is 6.34. The number of fused-ring (bicyclic) bond motifs is 1. The van der Waals surface area contributed by atoms with E-state index in [9.17, 15) is 9.90 Å². The van der Waals surface area contributed by atoms with E-state index in [2.05, 4.69) is 4.98 Å². The minimum atomic E-state index is -0.826. The molecule has 1 N–H and O–H groups in total. The van der Waals surface area contributed by atoms with E-state index in [-0.39, 0.29) is 6.42 Å². The molecule has 0 aliphatic heterocycles. The summed E-state index contributed by atoms with van der Waals surface area (Å²) in [5.74, 6) is -0.389. The van der Waals surface area contributed by atoms with Crippen molar-refractivity contribution in [3.05, 3.63) is 29.1 Å². The fourth-order valence-corrected chi connectivity index (χ4v) is 2.41. The zero-order valence-electron chi connectivity index (χ0n) is 10.9. The molecular weight excluding hydrogens is 266 g/mol. The van der Waals surface area contributed by atoms with Gasteiger partial charge in [-0.25, -0.2) is 4.98 Å². The summed E-state index contributed by atoms with van der Waals surface area (Å²) < 4.78 is 5.60. The molecule has 0 saturated carbocycles. The molecule has 102 valence electrons. The van der Waals surface area contributed by atoms with Crippen molar-refractivity contribution in [2.24, 2.45) is 5.41 Å². The molecule has 0 saturated heterocycles. The van der Waals surface area contributed by atoms with Crippen molar-refractivity contribution in [3.63, 3.8) is 0 Å². The van der Waals surface area contributed by atoms with Gasteiger partial charge < -0.3 is 9.52 Å². The van der Waals surface area contributed by atoms with E-state index in [4.69, 9.17) is 16.0 Å². The van der Waals surface area contributed by atoms with Crippen LogP contribution in [-0.2, 0) is 11.2 Å². The summed E-state index contributed by atoms with van der Waals surface area (Å²) in [6.45, 7) is 3.74. The first-order valence-electron chi connectivity index (χ1n) is 6.29. The Balaban J connectivity index is 2.40. The summed E-state index contributed by atoms with van der Waals surface area (Å²) in [4.78, 5) is 15.8. The minimum Gasteiger partial charge on any atom is -0.481 e. The van der Waals surface area contributed by atoms with Crippen molar-refractivity contribution in [2.75, 3.05) is 0 Å². The van der Waals surface area contributed by atoms with Gasteiger partial charge in [-0.05, 0) is 25.0 Å². The molecule has 2 aromatic rings. The number of carboxylic acid groups (broad SMARTS) is 1. The van der Waals surface area contributed by atoms with Crippen LogP contribution in [0, 0.1) is 5.41 Å². The molecule has 0 aliphatic carbocycles. The lowest BCUT2D eigenvalue weighted by molar-refractivity contribution is -0.149. The Labute approximate surface area is 116 Å². The third kappa shape index (κ3) is 2.45. The summed E-state index contributed by atoms with van der Waals surface area (Å²) in [7, 11) is 0. The highest BCUT2D eigenvalue weighted by Gasteiger charge is 2.36. The molecule has 4 nitrogen and oxygen atoms in total. The molecule has 0 aliphatic rings. The number of aliphatic carboxylic acids is 1. The van der Waals surface area contributed by atoms with E-state index in [0.29, 0.717) is 34.9 Å². The summed E-state index contributed by atoms with van der Waals surface area (Å²) in [6.07, 6.45) is 1.34. The molecule has 0 atom stereocenters. The van der Waals surface area contributed by atoms with Crippen molar-refractivity contribution in [2.45, 2.75) is 33.1 Å². The Kier molecular flexibility index (Phi) is 3.80. The van der Waals surface area contributed by atoms with Crippen LogP contribution in [0.1, 0.15) is 32.6 Å². The van der Waals surface area contributed by atoms with Crippen LogP contribution in [0.25, 0.3) is 11.1 Å². The van der Waals surface area contributed by atoms with Gasteiger partial charge in [0.25, 0.3) is 0 Å². The SMILES string of the molecule is CCC(CC)(Cc1nc2cccc(Cl)c2o1)C(=O)O. The third-order valence-electron chi connectivity index (χ3n) is 3.71. The minimum absolute atomic E-state index is 0.278. The highest BCUT2D eigenvalue weighted by Crippen LogP contribution is 2.33. The van der Waals surface area contributed by atoms with Crippen molar-refractivity contribution in [1.82, 2.24) is 4.98 Å². The van der Waals surface area contributed by atoms with Gasteiger partial charge in [0, 0.05) is 6.42 Å². The van der Waals surface area contributed by atoms with Gasteiger partial charge in [0.05, 0.1) is 10.4 Å². The van der Waals surface area contributed by atoms with Gasteiger partial charge >= 0.3 is 5.97 Å². The van der Waals surface area contributed by atoms with Crippen LogP contribution in [0.5, 0.6) is 0 Å². The Bertz CT molecular complexity index is 602. The lowest BCUT2D eigenvalue weighted by Crippen LogP contribution is -2.32. The molecule has 0 unspecified atom stereocenters. The van der Waals surface area contributed by atoms with Gasteiger partial charge in [-0.3, -0.25) is 4.79 Å². The Hall–Kier alpha value is -1.55. The quantitative estimate of drug-likeness (QED) is 0.902. The van der Waals surface area contributed by atoms with Crippen molar-refractivity contribution >= 4 is 28.7 Å². The molecule has 0 radical (unpaired) electrons. The summed E-state index contributed by atoms with van der Waals surface area (Å²) in [5, 5.41) is 9.91. The number of rotatable bonds is 5. The van der Waals surface area contributed by atoms with Crippen LogP contribution in [0.4, 0.5) is 0 Å². The average molecular weight is 282 g/mol. The van der Waals surface area contributed by atoms with Crippen LogP contribution in [0.15, 0.2) is 22.6 Å². The number of halogens is 1. The van der Waals surface area contributed by atoms with Gasteiger partial charge in [0.1, 0.15) is 5.52 Å². The Morgan fingerprint density at radius 1 is 1.42 bits per heavy atom. The smallest absolute Gasteiger partial charge is 0.310 e. The number of hydrogen-bond donors (Lipinski definition) is 1. The van der Waals surface area contributed by atoms with Crippen molar-refractivity contribution < 1.29 is 14.3 Å². The van der Waals surface area contributed by atoms with Crippen LogP contribution in [0.3, 0.4) is 0 Å². The third-order valence-corrected chi connectivity index (χ3v) is 4.01. The van der Waals surface area contributed by atoms with Crippen LogP contribution in [-0.4, -0.2) is 16.1 Å². The number of para-hydroxylation sites is 1. The molecule has 5 heteroatoms. The van der Waals surface area contributed by atoms with Gasteiger partial charge in [-0.1, -0.05) is 31.5 Å². The van der Waals surface area contributed by atoms with Gasteiger partial charge in [-0.15, -0.1) is 0 Å². The van der Waals surface area contributed by atoms with E-state index in [0.717, 1.165) is 0 Å². The molecule has 2 rings (SSSR count). The lowest BCUT2D eigenvalue weighted by Gasteiger charge is -2.24. The summed E-state index contributed by atoms with van der Waals surface area (Å²) in [6, 6.07) is 5.32. The molecule has 0 fully saturated rings. The maximum atomic E-state index is 11.5. The second-order valence-corrected chi connectivity index (χ2v) is 5.07. The predicted molar refractivity (Wildman–Crippen MR) is 73.4 cm³/mol. The number of hydrogen-bond acceptors (Lipinski definition) is 3. The second kappa shape index (κ2) is 5.21. The van der Waals surface area contributed by atoms with Gasteiger partial charge in [-0.2, -0.15) is 0 Å². The normalized spacial score (nSPS) is 11.9. The average Bonchev–Trinajstić information content (AvgIpc) is 2.79. The maximum absolute atomic E-state index is 11.5. The summed E-state index contributed by atoms with van der Waals surface area (Å²) in [5.41, 5.74) is 0.354. The first-order chi connectivity index (χ1) is 9.02. The van der Waals surface area contributed by atoms with Crippen LogP contribution in [0.2, 0.25) is 5.02 Å². The van der Waals surface area contributed by atoms with Gasteiger partial charge in [0.15, 0.2) is 11.5 Å². The van der Waals surface area contributed by atoms with E-state index in [1.54, 1.807) is 18.2 Å². The zero-order valence-corrected chi connectivity index (χ0v) is 11.7. The fraction of sp³-hybridized carbons (Fsp3) is 0.429. The standard InChI is InChI=1S/C14H16ClNO3/c1-3-14(4-2,13(17)18)8-11-16-10-7-5-6-9(15)12(10)19-11/h5-7H,3-4,8H2,1-2H3,(H,17,18). The van der Waals surface area contributed by atoms with Crippen molar-refractivity contribution in [1.29, 1.82) is 0 Å². The molecule has 19 heavy (non-hydrogen) atoms. The molecule has 1 aromatic heterocycles. The number of carbonyl (C=O) groups is 1. The van der Waals surface area contributed by atoms with Crippen LogP contribution < -0.4 is 0 Å². The van der Waals surface area contributed by atoms with Crippen LogP contribution >= 0.6 is 11.6 Å². The Morgan fingerprint density at radius 2 is 2.11 bits per heavy atom. The number of benzene rings is 1. The first-order valence-corrected chi connectivity index (χ1v) is 6.67. The van der Waals surface area contributed by atoms with E-state index in [1.165, 1.54) is 0 Å². The lowest BCUT2D eigenvalue weighted by atomic mass is 9.79. The molecule has 1 heterocycles. The summed E-state index contributed by atoms with van der Waals surface area (Å²) >= 11 is 6.02. The largest absolute Gasteiger partial charge is 0.481 e. The molecule has 1 aromatic carbocycles.